The third kappa shape index (κ3) is 3.90. The second-order valence-electron chi connectivity index (χ2n) is 7.51. The number of nitrogens with one attached hydrogen (secondary N) is 1. The molecular weight excluding hydrogens is 330 g/mol. The van der Waals surface area contributed by atoms with Gasteiger partial charge in [0.15, 0.2) is 0 Å². The van der Waals surface area contributed by atoms with Crippen LogP contribution < -0.4 is 16.1 Å². The van der Waals surface area contributed by atoms with Crippen LogP contribution in [0.4, 0.5) is 5.69 Å². The van der Waals surface area contributed by atoms with E-state index < -0.39 is 0 Å². The lowest BCUT2D eigenvalue weighted by atomic mass is 9.88. The summed E-state index contributed by atoms with van der Waals surface area (Å²) in [6, 6.07) is 5.64. The van der Waals surface area contributed by atoms with Crippen molar-refractivity contribution in [2.75, 3.05) is 31.2 Å². The molecule has 0 spiro atoms. The van der Waals surface area contributed by atoms with Crippen LogP contribution in [0.15, 0.2) is 40.4 Å². The minimum atomic E-state index is -0.349. The normalized spacial score (nSPS) is 15.4. The van der Waals surface area contributed by atoms with Crippen LogP contribution in [0.5, 0.6) is 0 Å². The van der Waals surface area contributed by atoms with Gasteiger partial charge < -0.3 is 14.6 Å². The van der Waals surface area contributed by atoms with E-state index in [0.29, 0.717) is 30.7 Å². The summed E-state index contributed by atoms with van der Waals surface area (Å²) in [6.45, 7) is 11.4. The molecule has 0 atom stereocenters. The highest BCUT2D eigenvalue weighted by Gasteiger charge is 2.16. The van der Waals surface area contributed by atoms with Gasteiger partial charge in [0.1, 0.15) is 0 Å². The van der Waals surface area contributed by atoms with Gasteiger partial charge in [-0.2, -0.15) is 0 Å². The molecule has 0 radical (unpaired) electrons. The summed E-state index contributed by atoms with van der Waals surface area (Å²) in [7, 11) is 0. The summed E-state index contributed by atoms with van der Waals surface area (Å²) >= 11 is 0. The Bertz CT molecular complexity index is 905. The average Bonchev–Trinajstić information content (AvgIpc) is 2.65. The maximum absolute atomic E-state index is 12.9. The predicted octanol–water partition coefficient (Wildman–Crippen LogP) is 2.52. The summed E-state index contributed by atoms with van der Waals surface area (Å²) in [4.78, 5) is 30.2. The number of aromatic nitrogens is 2. The fourth-order valence-electron chi connectivity index (χ4n) is 3.25. The third-order valence-electron chi connectivity index (χ3n) is 5.10. The summed E-state index contributed by atoms with van der Waals surface area (Å²) in [5, 5.41) is 0.552. The highest BCUT2D eigenvalue weighted by Crippen LogP contribution is 2.23. The van der Waals surface area contributed by atoms with Gasteiger partial charge in [0.2, 0.25) is 0 Å². The molecule has 140 valence electrons. The van der Waals surface area contributed by atoms with Gasteiger partial charge in [-0.3, -0.25) is 9.36 Å². The van der Waals surface area contributed by atoms with Crippen molar-refractivity contribution in [3.05, 3.63) is 51.7 Å². The molecule has 0 unspecified atom stereocenters. The fraction of sp³-hybridized carbons (Fsp3) is 0.500. The topological polar surface area (TPSA) is 67.3 Å². The van der Waals surface area contributed by atoms with E-state index in [4.69, 9.17) is 4.74 Å². The van der Waals surface area contributed by atoms with Crippen molar-refractivity contribution in [3.8, 4) is 0 Å². The molecule has 6 nitrogen and oxygen atoms in total. The average molecular weight is 357 g/mol. The fourth-order valence-corrected chi connectivity index (χ4v) is 3.25. The highest BCUT2D eigenvalue weighted by molar-refractivity contribution is 5.81. The molecule has 1 saturated heterocycles. The lowest BCUT2D eigenvalue weighted by molar-refractivity contribution is 0.122. The van der Waals surface area contributed by atoms with Gasteiger partial charge in [0.05, 0.1) is 24.1 Å². The van der Waals surface area contributed by atoms with Crippen LogP contribution >= 0.6 is 0 Å². The Kier molecular flexibility index (Phi) is 5.32. The molecule has 1 aliphatic heterocycles. The Labute approximate surface area is 153 Å². The highest BCUT2D eigenvalue weighted by atomic mass is 16.5. The van der Waals surface area contributed by atoms with Crippen LogP contribution in [0.2, 0.25) is 0 Å². The maximum atomic E-state index is 12.9. The van der Waals surface area contributed by atoms with Crippen molar-refractivity contribution < 1.29 is 4.74 Å². The number of benzene rings is 1. The van der Waals surface area contributed by atoms with Gasteiger partial charge in [-0.25, -0.2) is 4.79 Å². The van der Waals surface area contributed by atoms with Crippen molar-refractivity contribution in [2.45, 2.75) is 33.2 Å². The maximum Gasteiger partial charge on any atom is 0.328 e. The number of aromatic amines is 1. The molecule has 26 heavy (non-hydrogen) atoms. The zero-order chi connectivity index (χ0) is 18.7. The number of H-pyrrole nitrogens is 1. The van der Waals surface area contributed by atoms with Crippen molar-refractivity contribution in [1.82, 2.24) is 9.55 Å². The molecule has 0 saturated carbocycles. The summed E-state index contributed by atoms with van der Waals surface area (Å²) in [6.07, 6.45) is 3.53. The minimum absolute atomic E-state index is 0.00325. The predicted molar refractivity (Wildman–Crippen MR) is 105 cm³/mol. The van der Waals surface area contributed by atoms with E-state index in [1.165, 1.54) is 4.57 Å². The van der Waals surface area contributed by atoms with Crippen molar-refractivity contribution in [2.24, 2.45) is 5.41 Å². The van der Waals surface area contributed by atoms with Crippen molar-refractivity contribution in [3.63, 3.8) is 0 Å². The monoisotopic (exact) mass is 357 g/mol. The quantitative estimate of drug-likeness (QED) is 0.807. The first-order valence-electron chi connectivity index (χ1n) is 9.14. The molecule has 1 N–H and O–H groups in total. The molecule has 3 rings (SSSR count). The van der Waals surface area contributed by atoms with Crippen LogP contribution in [0.3, 0.4) is 0 Å². The Hall–Kier alpha value is -2.34. The standard InChI is InChI=1S/C20H27N3O3/c1-4-20(2,3)8-5-9-23-18(24)16-14-15(22-10-12-26-13-11-22)6-7-17(16)21-19(23)25/h4,6-7,14H,1,5,8-13H2,2-3H3,(H,21,25). The smallest absolute Gasteiger partial charge is 0.328 e. The molecular formula is C20H27N3O3. The van der Waals surface area contributed by atoms with Gasteiger partial charge >= 0.3 is 5.69 Å². The third-order valence-corrected chi connectivity index (χ3v) is 5.10. The van der Waals surface area contributed by atoms with Crippen molar-refractivity contribution >= 4 is 16.6 Å². The molecule has 0 aliphatic carbocycles. The van der Waals surface area contributed by atoms with Gasteiger partial charge in [0, 0.05) is 25.3 Å². The van der Waals surface area contributed by atoms with Crippen LogP contribution in [-0.2, 0) is 11.3 Å². The number of hydrogen-bond donors (Lipinski definition) is 1. The second-order valence-corrected chi connectivity index (χ2v) is 7.51. The second kappa shape index (κ2) is 7.50. The van der Waals surface area contributed by atoms with E-state index in [1.54, 1.807) is 0 Å². The Morgan fingerprint density at radius 1 is 1.27 bits per heavy atom. The summed E-state index contributed by atoms with van der Waals surface area (Å²) in [5.74, 6) is 0. The molecule has 2 heterocycles. The lowest BCUT2D eigenvalue weighted by Gasteiger charge is -2.29. The molecule has 1 fully saturated rings. The number of fused-ring (bicyclic) bond motifs is 1. The van der Waals surface area contributed by atoms with Gasteiger partial charge in [-0.15, -0.1) is 6.58 Å². The Morgan fingerprint density at radius 3 is 2.69 bits per heavy atom. The zero-order valence-corrected chi connectivity index (χ0v) is 15.6. The number of nitrogens with zero attached hydrogens (tertiary/aromatic N) is 2. The SMILES string of the molecule is C=CC(C)(C)CCCn1c(=O)[nH]c2ccc(N3CCOCC3)cc2c1=O. The molecule has 1 aromatic carbocycles. The molecule has 0 bridgehead atoms. The first-order valence-corrected chi connectivity index (χ1v) is 9.14. The molecule has 2 aromatic rings. The first-order chi connectivity index (χ1) is 12.4. The molecule has 0 amide bonds. The van der Waals surface area contributed by atoms with E-state index in [2.05, 4.69) is 30.3 Å². The molecule has 6 heteroatoms. The largest absolute Gasteiger partial charge is 0.378 e. The van der Waals surface area contributed by atoms with E-state index in [-0.39, 0.29) is 16.7 Å². The first kappa shape index (κ1) is 18.5. The zero-order valence-electron chi connectivity index (χ0n) is 15.6. The minimum Gasteiger partial charge on any atom is -0.378 e. The van der Waals surface area contributed by atoms with Crippen LogP contribution in [-0.4, -0.2) is 35.9 Å². The number of morpholine rings is 1. The van der Waals surface area contributed by atoms with E-state index in [9.17, 15) is 9.59 Å². The molecule has 1 aromatic heterocycles. The van der Waals surface area contributed by atoms with Crippen LogP contribution in [0.1, 0.15) is 26.7 Å². The van der Waals surface area contributed by atoms with E-state index in [0.717, 1.165) is 31.6 Å². The van der Waals surface area contributed by atoms with E-state index >= 15 is 0 Å². The van der Waals surface area contributed by atoms with Crippen molar-refractivity contribution in [1.29, 1.82) is 0 Å². The van der Waals surface area contributed by atoms with Gasteiger partial charge in [-0.1, -0.05) is 19.9 Å². The number of allylic oxidation sites excluding steroid dienone is 1. The Morgan fingerprint density at radius 2 is 2.00 bits per heavy atom. The number of hydrogen-bond acceptors (Lipinski definition) is 4. The van der Waals surface area contributed by atoms with E-state index in [1.807, 2.05) is 24.3 Å². The van der Waals surface area contributed by atoms with Gasteiger partial charge in [0.25, 0.3) is 5.56 Å². The van der Waals surface area contributed by atoms with Crippen LogP contribution in [0.25, 0.3) is 10.9 Å². The van der Waals surface area contributed by atoms with Crippen LogP contribution in [0, 0.1) is 5.41 Å². The summed E-state index contributed by atoms with van der Waals surface area (Å²) < 4.78 is 6.70. The number of ether oxygens (including phenoxy) is 1. The Balaban J connectivity index is 1.90. The molecule has 1 aliphatic rings. The van der Waals surface area contributed by atoms with Gasteiger partial charge in [-0.05, 0) is 36.5 Å². The summed E-state index contributed by atoms with van der Waals surface area (Å²) in [5.41, 5.74) is 0.994. The lowest BCUT2D eigenvalue weighted by Crippen LogP contribution is -2.37. The number of rotatable bonds is 6. The number of anilines is 1.